The molecule has 5 nitrogen and oxygen atoms in total. The molecule has 1 aliphatic carbocycles. The predicted molar refractivity (Wildman–Crippen MR) is 82.0 cm³/mol. The Morgan fingerprint density at radius 1 is 1.43 bits per heavy atom. The van der Waals surface area contributed by atoms with Crippen molar-refractivity contribution in [2.24, 2.45) is 0 Å². The van der Waals surface area contributed by atoms with Crippen molar-refractivity contribution in [2.45, 2.75) is 39.2 Å². The molecule has 2 aromatic heterocycles. The lowest BCUT2D eigenvalue weighted by Crippen LogP contribution is -2.14. The molecule has 0 spiro atoms. The monoisotopic (exact) mass is 303 g/mol. The number of fused-ring (bicyclic) bond motifs is 1. The van der Waals surface area contributed by atoms with E-state index in [9.17, 15) is 9.90 Å². The first-order valence-electron chi connectivity index (χ1n) is 7.05. The predicted octanol–water partition coefficient (Wildman–Crippen LogP) is 3.04. The Balaban J connectivity index is 1.87. The fraction of sp³-hybridized carbons (Fsp3) is 0.400. The lowest BCUT2D eigenvalue weighted by Gasteiger charge is -2.17. The fourth-order valence-electron chi connectivity index (χ4n) is 2.57. The van der Waals surface area contributed by atoms with Crippen LogP contribution in [0.4, 0.5) is 5.82 Å². The van der Waals surface area contributed by atoms with Crippen molar-refractivity contribution in [1.82, 2.24) is 9.97 Å². The number of carboxylic acid groups (broad SMARTS) is 1. The maximum Gasteiger partial charge on any atom is 0.339 e. The van der Waals surface area contributed by atoms with Crippen molar-refractivity contribution < 1.29 is 9.90 Å². The van der Waals surface area contributed by atoms with Gasteiger partial charge in [-0.1, -0.05) is 0 Å². The molecule has 2 N–H and O–H groups in total. The van der Waals surface area contributed by atoms with Gasteiger partial charge in [-0.3, -0.25) is 0 Å². The Kier molecular flexibility index (Phi) is 3.88. The Morgan fingerprint density at radius 3 is 2.95 bits per heavy atom. The quantitative estimate of drug-likeness (QED) is 0.908. The third-order valence-corrected chi connectivity index (χ3v) is 4.52. The number of hydrogen-bond donors (Lipinski definition) is 2. The van der Waals surface area contributed by atoms with Crippen LogP contribution in [0.2, 0.25) is 0 Å². The topological polar surface area (TPSA) is 75.1 Å². The van der Waals surface area contributed by atoms with Gasteiger partial charge in [0.2, 0.25) is 0 Å². The van der Waals surface area contributed by atoms with E-state index in [1.165, 1.54) is 0 Å². The number of carbonyl (C=O) groups is 1. The van der Waals surface area contributed by atoms with Gasteiger partial charge in [0.05, 0.1) is 6.54 Å². The van der Waals surface area contributed by atoms with Gasteiger partial charge in [0.15, 0.2) is 0 Å². The molecule has 0 radical (unpaired) electrons. The smallest absolute Gasteiger partial charge is 0.339 e. The molecular weight excluding hydrogens is 286 g/mol. The number of pyridine rings is 1. The Hall–Kier alpha value is -1.95. The molecule has 0 bridgehead atoms. The number of rotatable bonds is 4. The van der Waals surface area contributed by atoms with Crippen LogP contribution in [0.5, 0.6) is 0 Å². The van der Waals surface area contributed by atoms with Crippen molar-refractivity contribution in [3.8, 4) is 0 Å². The van der Waals surface area contributed by atoms with Gasteiger partial charge < -0.3 is 10.4 Å². The molecule has 0 atom stereocenters. The highest BCUT2D eigenvalue weighted by molar-refractivity contribution is 7.11. The van der Waals surface area contributed by atoms with Crippen LogP contribution in [0.3, 0.4) is 0 Å². The first-order chi connectivity index (χ1) is 10.1. The molecule has 0 unspecified atom stereocenters. The first kappa shape index (κ1) is 14.0. The molecule has 110 valence electrons. The van der Waals surface area contributed by atoms with E-state index in [1.807, 2.05) is 13.1 Å². The lowest BCUT2D eigenvalue weighted by molar-refractivity contribution is 0.0697. The van der Waals surface area contributed by atoms with Gasteiger partial charge in [-0.15, -0.1) is 11.3 Å². The minimum absolute atomic E-state index is 0.254. The summed E-state index contributed by atoms with van der Waals surface area (Å²) in [6.07, 6.45) is 5.91. The Labute approximate surface area is 127 Å². The van der Waals surface area contributed by atoms with E-state index in [4.69, 9.17) is 0 Å². The summed E-state index contributed by atoms with van der Waals surface area (Å²) in [6, 6.07) is 1.78. The Bertz CT molecular complexity index is 682. The third-order valence-electron chi connectivity index (χ3n) is 3.61. The van der Waals surface area contributed by atoms with Gasteiger partial charge in [-0.05, 0) is 44.2 Å². The summed E-state index contributed by atoms with van der Waals surface area (Å²) in [7, 11) is 0. The van der Waals surface area contributed by atoms with Crippen LogP contribution in [0.1, 0.15) is 44.3 Å². The minimum Gasteiger partial charge on any atom is -0.478 e. The summed E-state index contributed by atoms with van der Waals surface area (Å²) in [4.78, 5) is 21.4. The average Bonchev–Trinajstić information content (AvgIpc) is 2.89. The zero-order chi connectivity index (χ0) is 14.8. The van der Waals surface area contributed by atoms with Crippen LogP contribution < -0.4 is 5.32 Å². The number of aryl methyl sites for hydroxylation is 3. The number of nitrogens with one attached hydrogen (secondary N) is 1. The highest BCUT2D eigenvalue weighted by Crippen LogP contribution is 2.25. The summed E-state index contributed by atoms with van der Waals surface area (Å²) in [5, 5.41) is 13.4. The van der Waals surface area contributed by atoms with Crippen LogP contribution in [0.25, 0.3) is 0 Å². The summed E-state index contributed by atoms with van der Waals surface area (Å²) in [5.41, 5.74) is 2.36. The van der Waals surface area contributed by atoms with Gasteiger partial charge >= 0.3 is 5.97 Å². The molecule has 21 heavy (non-hydrogen) atoms. The van der Waals surface area contributed by atoms with Crippen molar-refractivity contribution in [3.63, 3.8) is 0 Å². The van der Waals surface area contributed by atoms with Crippen LogP contribution in [-0.4, -0.2) is 21.0 Å². The van der Waals surface area contributed by atoms with Crippen molar-refractivity contribution >= 4 is 23.1 Å². The summed E-state index contributed by atoms with van der Waals surface area (Å²) < 4.78 is 0. The number of aromatic carboxylic acids is 1. The number of hydrogen-bond acceptors (Lipinski definition) is 5. The highest BCUT2D eigenvalue weighted by atomic mass is 32.1. The zero-order valence-corrected chi connectivity index (χ0v) is 12.7. The largest absolute Gasteiger partial charge is 0.478 e. The van der Waals surface area contributed by atoms with E-state index in [0.29, 0.717) is 12.4 Å². The third kappa shape index (κ3) is 3.05. The second kappa shape index (κ2) is 5.81. The maximum absolute atomic E-state index is 11.4. The van der Waals surface area contributed by atoms with Crippen LogP contribution >= 0.6 is 11.3 Å². The number of carboxylic acids is 1. The van der Waals surface area contributed by atoms with E-state index in [-0.39, 0.29) is 5.56 Å². The molecule has 0 aromatic carbocycles. The van der Waals surface area contributed by atoms with E-state index in [2.05, 4.69) is 15.3 Å². The molecular formula is C15H17N3O2S. The van der Waals surface area contributed by atoms with Crippen molar-refractivity contribution in [3.05, 3.63) is 39.0 Å². The van der Waals surface area contributed by atoms with Gasteiger partial charge in [0, 0.05) is 16.8 Å². The van der Waals surface area contributed by atoms with Gasteiger partial charge in [-0.2, -0.15) is 0 Å². The maximum atomic E-state index is 11.4. The second-order valence-corrected chi connectivity index (χ2v) is 6.54. The zero-order valence-electron chi connectivity index (χ0n) is 11.8. The molecule has 0 fully saturated rings. The first-order valence-corrected chi connectivity index (χ1v) is 7.86. The van der Waals surface area contributed by atoms with E-state index >= 15 is 0 Å². The van der Waals surface area contributed by atoms with Crippen LogP contribution in [0.15, 0.2) is 12.3 Å². The molecule has 0 saturated carbocycles. The summed E-state index contributed by atoms with van der Waals surface area (Å²) in [5.74, 6) is -0.482. The number of aromatic nitrogens is 2. The highest BCUT2D eigenvalue weighted by Gasteiger charge is 2.18. The average molecular weight is 303 g/mol. The summed E-state index contributed by atoms with van der Waals surface area (Å²) in [6.45, 7) is 2.51. The molecule has 0 amide bonds. The molecule has 2 heterocycles. The lowest BCUT2D eigenvalue weighted by atomic mass is 9.95. The van der Waals surface area contributed by atoms with Gasteiger partial charge in [0.25, 0.3) is 0 Å². The van der Waals surface area contributed by atoms with Crippen LogP contribution in [0, 0.1) is 6.92 Å². The van der Waals surface area contributed by atoms with E-state index in [0.717, 1.165) is 46.8 Å². The van der Waals surface area contributed by atoms with E-state index in [1.54, 1.807) is 17.4 Å². The SMILES string of the molecule is Cc1cnc(CNc2nc3c(cc2C(=O)O)CCCC3)s1. The molecule has 0 aliphatic heterocycles. The minimum atomic E-state index is -0.936. The van der Waals surface area contributed by atoms with E-state index < -0.39 is 5.97 Å². The molecule has 6 heteroatoms. The van der Waals surface area contributed by atoms with Gasteiger partial charge in [0.1, 0.15) is 16.4 Å². The molecule has 2 aromatic rings. The fourth-order valence-corrected chi connectivity index (χ4v) is 3.30. The normalized spacial score (nSPS) is 13.8. The number of nitrogens with zero attached hydrogens (tertiary/aromatic N) is 2. The molecule has 3 rings (SSSR count). The van der Waals surface area contributed by atoms with Gasteiger partial charge in [-0.25, -0.2) is 14.8 Å². The number of anilines is 1. The van der Waals surface area contributed by atoms with Crippen LogP contribution in [-0.2, 0) is 19.4 Å². The standard InChI is InChI=1S/C15H17N3O2S/c1-9-7-16-13(21-9)8-17-14-11(15(19)20)6-10-4-2-3-5-12(10)18-14/h6-7H,2-5,8H2,1H3,(H,17,18)(H,19,20). The number of thiazole rings is 1. The second-order valence-electron chi connectivity index (χ2n) is 5.22. The summed E-state index contributed by atoms with van der Waals surface area (Å²) >= 11 is 1.60. The van der Waals surface area contributed by atoms with Crippen molar-refractivity contribution in [1.29, 1.82) is 0 Å². The molecule has 0 saturated heterocycles. The Morgan fingerprint density at radius 2 is 2.24 bits per heavy atom. The van der Waals surface area contributed by atoms with Crippen molar-refractivity contribution in [2.75, 3.05) is 5.32 Å². The molecule has 1 aliphatic rings.